The molecular formula is C24H24FN3O2. The molecule has 1 aliphatic heterocycles. The zero-order valence-electron chi connectivity index (χ0n) is 16.9. The number of nitrogens with zero attached hydrogens (tertiary/aromatic N) is 2. The molecule has 0 aliphatic carbocycles. The van der Waals surface area contributed by atoms with Crippen molar-refractivity contribution < 1.29 is 13.9 Å². The van der Waals surface area contributed by atoms with Gasteiger partial charge in [0.25, 0.3) is 0 Å². The van der Waals surface area contributed by atoms with Crippen LogP contribution in [0, 0.1) is 5.82 Å². The maximum atomic E-state index is 13.6. The molecule has 1 fully saturated rings. The van der Waals surface area contributed by atoms with Crippen molar-refractivity contribution in [3.05, 3.63) is 77.7 Å². The first kappa shape index (κ1) is 20.0. The van der Waals surface area contributed by atoms with Crippen LogP contribution in [0.4, 0.5) is 15.9 Å². The van der Waals surface area contributed by atoms with Crippen LogP contribution < -0.4 is 10.2 Å². The number of morpholine rings is 1. The summed E-state index contributed by atoms with van der Waals surface area (Å²) in [5.41, 5.74) is 4.82. The van der Waals surface area contributed by atoms with Gasteiger partial charge in [0.15, 0.2) is 0 Å². The Balaban J connectivity index is 1.62. The van der Waals surface area contributed by atoms with Gasteiger partial charge in [-0.1, -0.05) is 24.3 Å². The van der Waals surface area contributed by atoms with Gasteiger partial charge in [-0.3, -0.25) is 4.79 Å². The van der Waals surface area contributed by atoms with Crippen LogP contribution in [-0.2, 0) is 16.0 Å². The highest BCUT2D eigenvalue weighted by atomic mass is 19.1. The van der Waals surface area contributed by atoms with Crippen LogP contribution in [0.2, 0.25) is 0 Å². The first-order chi connectivity index (χ1) is 14.6. The van der Waals surface area contributed by atoms with E-state index in [1.165, 1.54) is 24.7 Å². The van der Waals surface area contributed by atoms with Crippen LogP contribution in [0.1, 0.15) is 18.1 Å². The summed E-state index contributed by atoms with van der Waals surface area (Å²) >= 11 is 0. The maximum Gasteiger partial charge on any atom is 0.222 e. The molecule has 2 heterocycles. The normalized spacial score (nSPS) is 13.9. The quantitative estimate of drug-likeness (QED) is 0.689. The molecular weight excluding hydrogens is 381 g/mol. The number of pyridine rings is 1. The summed E-state index contributed by atoms with van der Waals surface area (Å²) < 4.78 is 19.0. The summed E-state index contributed by atoms with van der Waals surface area (Å²) in [7, 11) is 0. The van der Waals surface area contributed by atoms with Crippen LogP contribution in [0.25, 0.3) is 11.1 Å². The first-order valence-corrected chi connectivity index (χ1v) is 10.0. The topological polar surface area (TPSA) is 54.5 Å². The van der Waals surface area contributed by atoms with Crippen molar-refractivity contribution in [2.75, 3.05) is 36.5 Å². The minimum Gasteiger partial charge on any atom is -0.378 e. The molecule has 5 nitrogen and oxygen atoms in total. The van der Waals surface area contributed by atoms with E-state index in [1.54, 1.807) is 12.3 Å². The maximum absolute atomic E-state index is 13.6. The average molecular weight is 405 g/mol. The molecule has 0 saturated carbocycles. The largest absolute Gasteiger partial charge is 0.378 e. The zero-order chi connectivity index (χ0) is 20.9. The molecule has 4 rings (SSSR count). The van der Waals surface area contributed by atoms with Crippen LogP contribution in [0.5, 0.6) is 0 Å². The third kappa shape index (κ3) is 4.83. The fourth-order valence-corrected chi connectivity index (χ4v) is 3.64. The van der Waals surface area contributed by atoms with Crippen molar-refractivity contribution in [2.24, 2.45) is 0 Å². The van der Waals surface area contributed by atoms with Crippen molar-refractivity contribution in [1.29, 1.82) is 0 Å². The Morgan fingerprint density at radius 2 is 1.87 bits per heavy atom. The Bertz CT molecular complexity index is 1030. The highest BCUT2D eigenvalue weighted by Crippen LogP contribution is 2.27. The second-order valence-corrected chi connectivity index (χ2v) is 7.37. The molecule has 1 N–H and O–H groups in total. The lowest BCUT2D eigenvalue weighted by Gasteiger charge is -2.28. The lowest BCUT2D eigenvalue weighted by Crippen LogP contribution is -2.36. The third-order valence-electron chi connectivity index (χ3n) is 5.12. The molecule has 0 bridgehead atoms. The van der Waals surface area contributed by atoms with Gasteiger partial charge in [-0.25, -0.2) is 9.37 Å². The minimum atomic E-state index is -0.281. The molecule has 6 heteroatoms. The Morgan fingerprint density at radius 1 is 1.10 bits per heavy atom. The molecule has 1 saturated heterocycles. The number of carbonyl (C=O) groups excluding carboxylic acids is 1. The highest BCUT2D eigenvalue weighted by molar-refractivity contribution is 5.88. The Kier molecular flexibility index (Phi) is 6.05. The number of benzene rings is 2. The SMILES string of the molecule is CC(=O)Nc1ncc(-c2ccc(N3CCOCC3)cc2)cc1Cc1cccc(F)c1. The van der Waals surface area contributed by atoms with E-state index in [9.17, 15) is 9.18 Å². The van der Waals surface area contributed by atoms with E-state index in [2.05, 4.69) is 39.5 Å². The summed E-state index contributed by atoms with van der Waals surface area (Å²) in [6, 6.07) is 16.8. The van der Waals surface area contributed by atoms with Crippen molar-refractivity contribution in [3.8, 4) is 11.1 Å². The van der Waals surface area contributed by atoms with Gasteiger partial charge >= 0.3 is 0 Å². The van der Waals surface area contributed by atoms with Gasteiger partial charge in [0.05, 0.1) is 13.2 Å². The Morgan fingerprint density at radius 3 is 2.57 bits per heavy atom. The molecule has 1 aromatic heterocycles. The molecule has 30 heavy (non-hydrogen) atoms. The molecule has 0 radical (unpaired) electrons. The lowest BCUT2D eigenvalue weighted by molar-refractivity contribution is -0.114. The fraction of sp³-hybridized carbons (Fsp3) is 0.250. The smallest absolute Gasteiger partial charge is 0.222 e. The molecule has 3 aromatic rings. The van der Waals surface area contributed by atoms with Crippen LogP contribution in [0.3, 0.4) is 0 Å². The number of hydrogen-bond acceptors (Lipinski definition) is 4. The monoisotopic (exact) mass is 405 g/mol. The number of aromatic nitrogens is 1. The first-order valence-electron chi connectivity index (χ1n) is 10.0. The van der Waals surface area contributed by atoms with E-state index in [-0.39, 0.29) is 11.7 Å². The summed E-state index contributed by atoms with van der Waals surface area (Å²) in [4.78, 5) is 18.4. The van der Waals surface area contributed by atoms with Crippen molar-refractivity contribution in [3.63, 3.8) is 0 Å². The summed E-state index contributed by atoms with van der Waals surface area (Å²) in [5.74, 6) is 0.0300. The van der Waals surface area contributed by atoms with E-state index >= 15 is 0 Å². The van der Waals surface area contributed by atoms with Gasteiger partial charge in [0, 0.05) is 43.9 Å². The second-order valence-electron chi connectivity index (χ2n) is 7.37. The predicted octanol–water partition coefficient (Wildman–Crippen LogP) is 4.27. The fourth-order valence-electron chi connectivity index (χ4n) is 3.64. The summed E-state index contributed by atoms with van der Waals surface area (Å²) in [6.07, 6.45) is 2.23. The predicted molar refractivity (Wildman–Crippen MR) is 116 cm³/mol. The number of amides is 1. The Hall–Kier alpha value is -3.25. The van der Waals surface area contributed by atoms with Gasteiger partial charge in [0.2, 0.25) is 5.91 Å². The zero-order valence-corrected chi connectivity index (χ0v) is 16.9. The second kappa shape index (κ2) is 9.05. The molecule has 0 atom stereocenters. The Labute approximate surface area is 175 Å². The number of nitrogens with one attached hydrogen (secondary N) is 1. The minimum absolute atomic E-state index is 0.189. The van der Waals surface area contributed by atoms with Gasteiger partial charge in [-0.15, -0.1) is 0 Å². The average Bonchev–Trinajstić information content (AvgIpc) is 2.75. The lowest BCUT2D eigenvalue weighted by atomic mass is 10.0. The molecule has 2 aromatic carbocycles. The number of rotatable bonds is 5. The molecule has 1 amide bonds. The molecule has 0 spiro atoms. The van der Waals surface area contributed by atoms with E-state index < -0.39 is 0 Å². The number of ether oxygens (including phenoxy) is 1. The number of carbonyl (C=O) groups is 1. The van der Waals surface area contributed by atoms with Crippen LogP contribution >= 0.6 is 0 Å². The summed E-state index contributed by atoms with van der Waals surface area (Å²) in [5, 5.41) is 2.78. The highest BCUT2D eigenvalue weighted by Gasteiger charge is 2.13. The number of halogens is 1. The van der Waals surface area contributed by atoms with Crippen LogP contribution in [-0.4, -0.2) is 37.2 Å². The number of anilines is 2. The standard InChI is InChI=1S/C24H24FN3O2/c1-17(29)27-24-20(13-18-3-2-4-22(25)14-18)15-21(16-26-24)19-5-7-23(8-6-19)28-9-11-30-12-10-28/h2-8,14-16H,9-13H2,1H3,(H,26,27,29). The van der Waals surface area contributed by atoms with Gasteiger partial charge < -0.3 is 15.0 Å². The van der Waals surface area contributed by atoms with E-state index in [4.69, 9.17) is 4.74 Å². The van der Waals surface area contributed by atoms with E-state index in [1.807, 2.05) is 12.1 Å². The van der Waals surface area contributed by atoms with Crippen molar-refractivity contribution >= 4 is 17.4 Å². The van der Waals surface area contributed by atoms with E-state index in [0.717, 1.165) is 48.6 Å². The van der Waals surface area contributed by atoms with E-state index in [0.29, 0.717) is 12.2 Å². The molecule has 154 valence electrons. The third-order valence-corrected chi connectivity index (χ3v) is 5.12. The number of hydrogen-bond donors (Lipinski definition) is 1. The van der Waals surface area contributed by atoms with Crippen LogP contribution in [0.15, 0.2) is 60.8 Å². The van der Waals surface area contributed by atoms with Crippen molar-refractivity contribution in [1.82, 2.24) is 4.98 Å². The molecule has 0 unspecified atom stereocenters. The van der Waals surface area contributed by atoms with Gasteiger partial charge in [-0.05, 0) is 47.0 Å². The summed E-state index contributed by atoms with van der Waals surface area (Å²) in [6.45, 7) is 4.74. The van der Waals surface area contributed by atoms with Gasteiger partial charge in [-0.2, -0.15) is 0 Å². The molecule has 1 aliphatic rings. The van der Waals surface area contributed by atoms with Gasteiger partial charge in [0.1, 0.15) is 11.6 Å². The van der Waals surface area contributed by atoms with Crippen molar-refractivity contribution in [2.45, 2.75) is 13.3 Å².